The van der Waals surface area contributed by atoms with Crippen molar-refractivity contribution >= 4 is 12.1 Å². The molecule has 1 aromatic carbocycles. The number of carbonyl (C=O) groups excluding carboxylic acids is 1. The SMILES string of the molecule is C[C@H]1C[C@H]1c1ccc(/C=N\NC(=O)c2ccc(O)cc2)o1. The number of rotatable bonds is 4. The van der Waals surface area contributed by atoms with Gasteiger partial charge in [-0.15, -0.1) is 0 Å². The third-order valence-electron chi connectivity index (χ3n) is 3.61. The van der Waals surface area contributed by atoms with E-state index in [0.717, 1.165) is 5.76 Å². The van der Waals surface area contributed by atoms with E-state index in [1.54, 1.807) is 0 Å². The zero-order valence-corrected chi connectivity index (χ0v) is 11.6. The highest BCUT2D eigenvalue weighted by atomic mass is 16.3. The first-order chi connectivity index (χ1) is 10.1. The molecule has 1 fully saturated rings. The van der Waals surface area contributed by atoms with Crippen molar-refractivity contribution in [3.8, 4) is 5.75 Å². The number of nitrogens with one attached hydrogen (secondary N) is 1. The van der Waals surface area contributed by atoms with Crippen molar-refractivity contribution in [1.29, 1.82) is 0 Å². The first-order valence-electron chi connectivity index (χ1n) is 6.85. The molecule has 1 saturated carbocycles. The lowest BCUT2D eigenvalue weighted by atomic mass is 10.2. The van der Waals surface area contributed by atoms with E-state index in [0.29, 0.717) is 23.2 Å². The summed E-state index contributed by atoms with van der Waals surface area (Å²) in [7, 11) is 0. The Bertz CT molecular complexity index is 673. The van der Waals surface area contributed by atoms with Gasteiger partial charge >= 0.3 is 0 Å². The molecule has 0 bridgehead atoms. The molecule has 1 aliphatic carbocycles. The Morgan fingerprint density at radius 3 is 2.71 bits per heavy atom. The van der Waals surface area contributed by atoms with Crippen LogP contribution in [0.3, 0.4) is 0 Å². The van der Waals surface area contributed by atoms with Gasteiger partial charge in [-0.25, -0.2) is 5.43 Å². The van der Waals surface area contributed by atoms with E-state index in [1.165, 1.54) is 36.9 Å². The largest absolute Gasteiger partial charge is 0.508 e. The summed E-state index contributed by atoms with van der Waals surface area (Å²) in [5.41, 5.74) is 2.85. The number of furan rings is 1. The zero-order valence-electron chi connectivity index (χ0n) is 11.6. The molecule has 0 saturated heterocycles. The molecule has 1 aromatic heterocycles. The second-order valence-electron chi connectivity index (χ2n) is 5.31. The fourth-order valence-corrected chi connectivity index (χ4v) is 2.19. The molecule has 1 heterocycles. The van der Waals surface area contributed by atoms with Gasteiger partial charge in [0.1, 0.15) is 17.3 Å². The second-order valence-corrected chi connectivity index (χ2v) is 5.31. The van der Waals surface area contributed by atoms with Crippen molar-refractivity contribution in [1.82, 2.24) is 5.43 Å². The lowest BCUT2D eigenvalue weighted by Gasteiger charge is -1.99. The van der Waals surface area contributed by atoms with E-state index in [4.69, 9.17) is 9.52 Å². The number of phenolic OH excluding ortho intramolecular Hbond substituents is 1. The average molecular weight is 284 g/mol. The summed E-state index contributed by atoms with van der Waals surface area (Å²) in [5.74, 6) is 2.60. The van der Waals surface area contributed by atoms with Crippen molar-refractivity contribution in [2.45, 2.75) is 19.3 Å². The normalized spacial score (nSPS) is 20.6. The van der Waals surface area contributed by atoms with Crippen LogP contribution < -0.4 is 5.43 Å². The minimum atomic E-state index is -0.339. The van der Waals surface area contributed by atoms with Crippen LogP contribution in [0.1, 0.15) is 41.1 Å². The van der Waals surface area contributed by atoms with Crippen LogP contribution in [0.4, 0.5) is 0 Å². The molecular formula is C16H16N2O3. The van der Waals surface area contributed by atoms with Gasteiger partial charge in [0, 0.05) is 11.5 Å². The van der Waals surface area contributed by atoms with E-state index in [2.05, 4.69) is 17.5 Å². The topological polar surface area (TPSA) is 74.8 Å². The molecule has 1 amide bonds. The zero-order chi connectivity index (χ0) is 14.8. The fourth-order valence-electron chi connectivity index (χ4n) is 2.19. The third-order valence-corrected chi connectivity index (χ3v) is 3.61. The Morgan fingerprint density at radius 1 is 1.33 bits per heavy atom. The Kier molecular flexibility index (Phi) is 3.48. The maximum Gasteiger partial charge on any atom is 0.271 e. The quantitative estimate of drug-likeness (QED) is 0.669. The maximum atomic E-state index is 11.8. The molecule has 2 aromatic rings. The number of benzene rings is 1. The van der Waals surface area contributed by atoms with Crippen molar-refractivity contribution < 1.29 is 14.3 Å². The van der Waals surface area contributed by atoms with Crippen LogP contribution in [0.5, 0.6) is 5.75 Å². The fraction of sp³-hybridized carbons (Fsp3) is 0.250. The first kappa shape index (κ1) is 13.4. The summed E-state index contributed by atoms with van der Waals surface area (Å²) >= 11 is 0. The molecule has 108 valence electrons. The van der Waals surface area contributed by atoms with Crippen molar-refractivity contribution in [2.75, 3.05) is 0 Å². The molecule has 0 radical (unpaired) electrons. The number of hydrogen-bond acceptors (Lipinski definition) is 4. The Labute approximate surface area is 122 Å². The van der Waals surface area contributed by atoms with E-state index < -0.39 is 0 Å². The maximum absolute atomic E-state index is 11.8. The van der Waals surface area contributed by atoms with Crippen LogP contribution in [0, 0.1) is 5.92 Å². The minimum Gasteiger partial charge on any atom is -0.508 e. The predicted octanol–water partition coefficient (Wildman–Crippen LogP) is 2.87. The predicted molar refractivity (Wildman–Crippen MR) is 78.4 cm³/mol. The van der Waals surface area contributed by atoms with Crippen molar-refractivity contribution in [3.05, 3.63) is 53.5 Å². The smallest absolute Gasteiger partial charge is 0.271 e. The highest BCUT2D eigenvalue weighted by Gasteiger charge is 2.36. The molecular weight excluding hydrogens is 268 g/mol. The van der Waals surface area contributed by atoms with Gasteiger partial charge in [-0.05, 0) is 48.7 Å². The van der Waals surface area contributed by atoms with Crippen LogP contribution >= 0.6 is 0 Å². The summed E-state index contributed by atoms with van der Waals surface area (Å²) < 4.78 is 5.65. The van der Waals surface area contributed by atoms with Crippen LogP contribution in [0.2, 0.25) is 0 Å². The standard InChI is InChI=1S/C16H16N2O3/c1-10-8-14(10)15-7-6-13(21-15)9-17-18-16(20)11-2-4-12(19)5-3-11/h2-7,9-10,14,19H,8H2,1H3,(H,18,20)/b17-9-/t10-,14+/m0/s1. The van der Waals surface area contributed by atoms with E-state index in [9.17, 15) is 4.79 Å². The number of nitrogens with zero attached hydrogens (tertiary/aromatic N) is 1. The lowest BCUT2D eigenvalue weighted by Crippen LogP contribution is -2.17. The molecule has 2 N–H and O–H groups in total. The Hall–Kier alpha value is -2.56. The van der Waals surface area contributed by atoms with Gasteiger partial charge in [-0.1, -0.05) is 6.92 Å². The van der Waals surface area contributed by atoms with Gasteiger partial charge in [0.2, 0.25) is 0 Å². The number of hydrazone groups is 1. The number of hydrogen-bond donors (Lipinski definition) is 2. The van der Waals surface area contributed by atoms with Crippen LogP contribution in [-0.4, -0.2) is 17.2 Å². The molecule has 1 aliphatic rings. The first-order valence-corrected chi connectivity index (χ1v) is 6.85. The second kappa shape index (κ2) is 5.44. The monoisotopic (exact) mass is 284 g/mol. The molecule has 0 spiro atoms. The van der Waals surface area contributed by atoms with Gasteiger partial charge in [0.15, 0.2) is 0 Å². The summed E-state index contributed by atoms with van der Waals surface area (Å²) in [6, 6.07) is 9.76. The van der Waals surface area contributed by atoms with Crippen molar-refractivity contribution in [3.63, 3.8) is 0 Å². The number of carbonyl (C=O) groups is 1. The minimum absolute atomic E-state index is 0.118. The van der Waals surface area contributed by atoms with E-state index in [-0.39, 0.29) is 11.7 Å². The van der Waals surface area contributed by atoms with Gasteiger partial charge < -0.3 is 9.52 Å². The highest BCUT2D eigenvalue weighted by molar-refractivity contribution is 5.94. The van der Waals surface area contributed by atoms with Gasteiger partial charge in [-0.2, -0.15) is 5.10 Å². The Morgan fingerprint density at radius 2 is 2.05 bits per heavy atom. The number of aromatic hydroxyl groups is 1. The average Bonchev–Trinajstić information content (AvgIpc) is 3.01. The molecule has 0 aliphatic heterocycles. The molecule has 2 atom stereocenters. The summed E-state index contributed by atoms with van der Waals surface area (Å²) in [4.78, 5) is 11.8. The van der Waals surface area contributed by atoms with Crippen LogP contribution in [-0.2, 0) is 0 Å². The van der Waals surface area contributed by atoms with Crippen molar-refractivity contribution in [2.24, 2.45) is 11.0 Å². The molecule has 5 nitrogen and oxygen atoms in total. The molecule has 5 heteroatoms. The van der Waals surface area contributed by atoms with Crippen LogP contribution in [0.15, 0.2) is 45.9 Å². The van der Waals surface area contributed by atoms with Crippen LogP contribution in [0.25, 0.3) is 0 Å². The third kappa shape index (κ3) is 3.13. The van der Waals surface area contributed by atoms with Gasteiger partial charge in [0.25, 0.3) is 5.91 Å². The Balaban J connectivity index is 1.57. The van der Waals surface area contributed by atoms with E-state index in [1.807, 2.05) is 12.1 Å². The molecule has 21 heavy (non-hydrogen) atoms. The number of phenols is 1. The summed E-state index contributed by atoms with van der Waals surface area (Å²) in [5, 5.41) is 13.0. The van der Waals surface area contributed by atoms with E-state index >= 15 is 0 Å². The lowest BCUT2D eigenvalue weighted by molar-refractivity contribution is 0.0955. The summed E-state index contributed by atoms with van der Waals surface area (Å²) in [6.07, 6.45) is 2.65. The molecule has 3 rings (SSSR count). The number of amides is 1. The van der Waals surface area contributed by atoms with Gasteiger partial charge in [0.05, 0.1) is 6.21 Å². The molecule has 0 unspecified atom stereocenters. The van der Waals surface area contributed by atoms with Gasteiger partial charge in [-0.3, -0.25) is 4.79 Å². The summed E-state index contributed by atoms with van der Waals surface area (Å²) in [6.45, 7) is 2.19. The highest BCUT2D eigenvalue weighted by Crippen LogP contribution is 2.47.